The molecule has 1 fully saturated rings. The molecule has 2 aliphatic rings. The van der Waals surface area contributed by atoms with Crippen LogP contribution < -0.4 is 14.8 Å². The fourth-order valence-corrected chi connectivity index (χ4v) is 1.77. The van der Waals surface area contributed by atoms with Gasteiger partial charge in [-0.05, 0) is 18.2 Å². The zero-order valence-corrected chi connectivity index (χ0v) is 8.36. The van der Waals surface area contributed by atoms with Crippen molar-refractivity contribution < 1.29 is 19.1 Å². The molecular weight excluding hydrogens is 210 g/mol. The van der Waals surface area contributed by atoms with Crippen LogP contribution in [0.3, 0.4) is 0 Å². The van der Waals surface area contributed by atoms with Crippen molar-refractivity contribution >= 4 is 11.7 Å². The van der Waals surface area contributed by atoms with Gasteiger partial charge in [-0.15, -0.1) is 0 Å². The third kappa shape index (κ3) is 1.32. The third-order valence-corrected chi connectivity index (χ3v) is 2.70. The van der Waals surface area contributed by atoms with Crippen LogP contribution in [0.25, 0.3) is 0 Å². The van der Waals surface area contributed by atoms with Crippen molar-refractivity contribution in [2.24, 2.45) is 0 Å². The van der Waals surface area contributed by atoms with Crippen molar-refractivity contribution in [1.29, 1.82) is 0 Å². The topological polar surface area (TPSA) is 64.6 Å². The van der Waals surface area contributed by atoms with Gasteiger partial charge in [-0.3, -0.25) is 9.59 Å². The molecule has 0 saturated carbocycles. The number of rotatable bonds is 2. The first-order valence-corrected chi connectivity index (χ1v) is 4.97. The van der Waals surface area contributed by atoms with Crippen LogP contribution in [-0.4, -0.2) is 24.5 Å². The molecule has 5 nitrogen and oxygen atoms in total. The fraction of sp³-hybridized carbons (Fsp3) is 0.273. The largest absolute Gasteiger partial charge is 0.454 e. The summed E-state index contributed by atoms with van der Waals surface area (Å²) in [6.45, 7) is 0.188. The number of β-lactam (4-membered cyclic amide) rings is 1. The molecule has 16 heavy (non-hydrogen) atoms. The van der Waals surface area contributed by atoms with Gasteiger partial charge in [0.2, 0.25) is 12.7 Å². The Morgan fingerprint density at radius 3 is 2.81 bits per heavy atom. The molecular formula is C11H9NO4. The number of hydrogen-bond acceptors (Lipinski definition) is 4. The van der Waals surface area contributed by atoms with E-state index in [-0.39, 0.29) is 30.9 Å². The Balaban J connectivity index is 1.84. The van der Waals surface area contributed by atoms with Crippen molar-refractivity contribution in [3.63, 3.8) is 0 Å². The molecule has 0 unspecified atom stereocenters. The molecule has 1 saturated heterocycles. The molecule has 0 radical (unpaired) electrons. The second kappa shape index (κ2) is 3.23. The molecule has 1 aromatic carbocycles. The number of ketones is 1. The number of benzene rings is 1. The van der Waals surface area contributed by atoms with E-state index in [9.17, 15) is 9.59 Å². The maximum Gasteiger partial charge on any atom is 0.231 e. The summed E-state index contributed by atoms with van der Waals surface area (Å²) in [4.78, 5) is 22.6. The van der Waals surface area contributed by atoms with Crippen LogP contribution in [0.2, 0.25) is 0 Å². The minimum absolute atomic E-state index is 0.0842. The molecule has 1 N–H and O–H groups in total. The van der Waals surface area contributed by atoms with Gasteiger partial charge in [0, 0.05) is 5.56 Å². The van der Waals surface area contributed by atoms with Crippen LogP contribution in [0.4, 0.5) is 0 Å². The summed E-state index contributed by atoms with van der Waals surface area (Å²) in [6, 6.07) is 4.65. The molecule has 2 heterocycles. The maximum atomic E-state index is 11.9. The highest BCUT2D eigenvalue weighted by Gasteiger charge is 2.32. The highest BCUT2D eigenvalue weighted by Crippen LogP contribution is 2.33. The first-order chi connectivity index (χ1) is 7.74. The summed E-state index contributed by atoms with van der Waals surface area (Å²) in [6.07, 6.45) is 0.271. The van der Waals surface area contributed by atoms with Gasteiger partial charge in [0.1, 0.15) is 6.04 Å². The van der Waals surface area contributed by atoms with E-state index in [4.69, 9.17) is 9.47 Å². The van der Waals surface area contributed by atoms with Crippen molar-refractivity contribution in [3.8, 4) is 11.5 Å². The molecule has 0 aromatic heterocycles. The smallest absolute Gasteiger partial charge is 0.231 e. The average Bonchev–Trinajstić information content (AvgIpc) is 2.70. The first-order valence-electron chi connectivity index (χ1n) is 4.97. The molecule has 1 aromatic rings. The molecule has 82 valence electrons. The van der Waals surface area contributed by atoms with Crippen LogP contribution in [-0.2, 0) is 4.79 Å². The van der Waals surface area contributed by atoms with Gasteiger partial charge in [0.15, 0.2) is 17.3 Å². The van der Waals surface area contributed by atoms with Crippen molar-refractivity contribution in [2.45, 2.75) is 12.5 Å². The summed E-state index contributed by atoms with van der Waals surface area (Å²) < 4.78 is 10.3. The maximum absolute atomic E-state index is 11.9. The number of carbonyl (C=O) groups is 2. The lowest BCUT2D eigenvalue weighted by Crippen LogP contribution is -2.53. The minimum Gasteiger partial charge on any atom is -0.454 e. The van der Waals surface area contributed by atoms with Crippen LogP contribution >= 0.6 is 0 Å². The van der Waals surface area contributed by atoms with Gasteiger partial charge in [-0.25, -0.2) is 0 Å². The summed E-state index contributed by atoms with van der Waals surface area (Å²) in [5.74, 6) is 1.06. The quantitative estimate of drug-likeness (QED) is 0.580. The lowest BCUT2D eigenvalue weighted by atomic mass is 9.96. The van der Waals surface area contributed by atoms with E-state index in [1.54, 1.807) is 18.2 Å². The van der Waals surface area contributed by atoms with Crippen molar-refractivity contribution in [1.82, 2.24) is 5.32 Å². The number of ether oxygens (including phenoxy) is 2. The lowest BCUT2D eigenvalue weighted by molar-refractivity contribution is -0.127. The Labute approximate surface area is 91.3 Å². The first kappa shape index (κ1) is 9.21. The molecule has 0 bridgehead atoms. The third-order valence-electron chi connectivity index (χ3n) is 2.70. The van der Waals surface area contributed by atoms with Crippen LogP contribution in [0.1, 0.15) is 16.8 Å². The fourth-order valence-electron chi connectivity index (χ4n) is 1.77. The Bertz CT molecular complexity index is 475. The number of carbonyl (C=O) groups excluding carboxylic acids is 2. The molecule has 1 amide bonds. The SMILES string of the molecule is O=C1C[C@H](C(=O)c2ccc3c(c2)OCO3)N1. The zero-order chi connectivity index (χ0) is 11.1. The standard InChI is InChI=1S/C11H9NO4/c13-10-4-7(12-10)11(14)6-1-2-8-9(3-6)16-5-15-8/h1-3,7H,4-5H2,(H,12,13)/t7-/m1/s1. The number of Topliss-reactive ketones (excluding diaryl/α,β-unsaturated/α-hetero) is 1. The Morgan fingerprint density at radius 2 is 2.06 bits per heavy atom. The molecule has 3 rings (SSSR count). The molecule has 0 aliphatic carbocycles. The van der Waals surface area contributed by atoms with Gasteiger partial charge in [-0.2, -0.15) is 0 Å². The molecule has 0 spiro atoms. The monoisotopic (exact) mass is 219 g/mol. The summed E-state index contributed by atoms with van der Waals surface area (Å²) in [5.41, 5.74) is 0.536. The zero-order valence-electron chi connectivity index (χ0n) is 8.36. The number of amides is 1. The van der Waals surface area contributed by atoms with Gasteiger partial charge in [0.05, 0.1) is 6.42 Å². The number of hydrogen-bond donors (Lipinski definition) is 1. The Morgan fingerprint density at radius 1 is 1.31 bits per heavy atom. The Kier molecular flexibility index (Phi) is 1.86. The second-order valence-corrected chi connectivity index (χ2v) is 3.76. The molecule has 5 heteroatoms. The predicted octanol–water partition coefficient (Wildman–Crippen LogP) is 0.486. The van der Waals surface area contributed by atoms with E-state index in [2.05, 4.69) is 5.32 Å². The predicted molar refractivity (Wildman–Crippen MR) is 53.4 cm³/mol. The van der Waals surface area contributed by atoms with E-state index < -0.39 is 0 Å². The van der Waals surface area contributed by atoms with E-state index in [0.717, 1.165) is 0 Å². The lowest BCUT2D eigenvalue weighted by Gasteiger charge is -2.25. The number of nitrogens with one attached hydrogen (secondary N) is 1. The molecule has 1 atom stereocenters. The van der Waals surface area contributed by atoms with Gasteiger partial charge < -0.3 is 14.8 Å². The van der Waals surface area contributed by atoms with Crippen LogP contribution in [0.15, 0.2) is 18.2 Å². The van der Waals surface area contributed by atoms with Gasteiger partial charge in [-0.1, -0.05) is 0 Å². The molecule has 2 aliphatic heterocycles. The van der Waals surface area contributed by atoms with Crippen LogP contribution in [0, 0.1) is 0 Å². The average molecular weight is 219 g/mol. The van der Waals surface area contributed by atoms with Crippen LogP contribution in [0.5, 0.6) is 11.5 Å². The summed E-state index contributed by atoms with van der Waals surface area (Å²) >= 11 is 0. The highest BCUT2D eigenvalue weighted by atomic mass is 16.7. The van der Waals surface area contributed by atoms with E-state index in [0.29, 0.717) is 17.1 Å². The Hall–Kier alpha value is -2.04. The second-order valence-electron chi connectivity index (χ2n) is 3.76. The van der Waals surface area contributed by atoms with Gasteiger partial charge >= 0.3 is 0 Å². The van der Waals surface area contributed by atoms with Gasteiger partial charge in [0.25, 0.3) is 0 Å². The van der Waals surface area contributed by atoms with Crippen molar-refractivity contribution in [3.05, 3.63) is 23.8 Å². The summed E-state index contributed by atoms with van der Waals surface area (Å²) in [7, 11) is 0. The van der Waals surface area contributed by atoms with E-state index in [1.165, 1.54) is 0 Å². The summed E-state index contributed by atoms with van der Waals surface area (Å²) in [5, 5.41) is 2.55. The van der Waals surface area contributed by atoms with E-state index >= 15 is 0 Å². The van der Waals surface area contributed by atoms with E-state index in [1.807, 2.05) is 0 Å². The minimum atomic E-state index is -0.382. The van der Waals surface area contributed by atoms with Crippen molar-refractivity contribution in [2.75, 3.05) is 6.79 Å². The highest BCUT2D eigenvalue weighted by molar-refractivity contribution is 6.07. The number of fused-ring (bicyclic) bond motifs is 1. The normalized spacial score (nSPS) is 21.2.